The smallest absolute Gasteiger partial charge is 0.274 e. The average molecular weight is 515 g/mol. The molecule has 206 valence electrons. The van der Waals surface area contributed by atoms with Crippen molar-refractivity contribution in [2.24, 2.45) is 5.92 Å². The molecule has 1 saturated heterocycles. The number of ether oxygens (including phenoxy) is 1. The number of hydrogen-bond donors (Lipinski definition) is 1. The SMILES string of the molecule is C=O.C=O.CC1=CC=CCC=C1C(=O)NOC1CCCCO1.CCC(CCN(C)C)C1=CCC=CC=C1. The number of nitrogens with one attached hydrogen (secondary N) is 1. The monoisotopic (exact) mass is 514 g/mol. The quantitative estimate of drug-likeness (QED) is 0.435. The molecular formula is C30H46N2O5. The second-order valence-electron chi connectivity index (χ2n) is 8.90. The first-order valence-corrected chi connectivity index (χ1v) is 12.9. The molecule has 2 atom stereocenters. The van der Waals surface area contributed by atoms with Crippen molar-refractivity contribution in [1.82, 2.24) is 10.4 Å². The zero-order chi connectivity index (χ0) is 27.9. The molecule has 2 unspecified atom stereocenters. The molecule has 7 nitrogen and oxygen atoms in total. The topological polar surface area (TPSA) is 84.9 Å². The van der Waals surface area contributed by atoms with Crippen LogP contribution >= 0.6 is 0 Å². The van der Waals surface area contributed by atoms with E-state index in [2.05, 4.69) is 61.8 Å². The third kappa shape index (κ3) is 15.1. The second kappa shape index (κ2) is 22.3. The Balaban J connectivity index is 0.000000626. The molecule has 0 bridgehead atoms. The molecule has 0 aromatic carbocycles. The van der Waals surface area contributed by atoms with E-state index in [0.29, 0.717) is 12.2 Å². The van der Waals surface area contributed by atoms with Crippen LogP contribution in [0.25, 0.3) is 0 Å². The van der Waals surface area contributed by atoms with Crippen LogP contribution in [0.4, 0.5) is 0 Å². The van der Waals surface area contributed by atoms with Gasteiger partial charge in [0.1, 0.15) is 13.6 Å². The number of nitrogens with zero attached hydrogens (tertiary/aromatic N) is 1. The number of hydrogen-bond acceptors (Lipinski definition) is 6. The van der Waals surface area contributed by atoms with Gasteiger partial charge in [-0.25, -0.2) is 10.3 Å². The van der Waals surface area contributed by atoms with Crippen LogP contribution in [0.5, 0.6) is 0 Å². The van der Waals surface area contributed by atoms with E-state index in [1.54, 1.807) is 0 Å². The third-order valence-corrected chi connectivity index (χ3v) is 5.95. The summed E-state index contributed by atoms with van der Waals surface area (Å²) in [5, 5.41) is 0. The lowest BCUT2D eigenvalue weighted by atomic mass is 9.92. The molecule has 37 heavy (non-hydrogen) atoms. The number of amides is 1. The normalized spacial score (nSPS) is 19.1. The summed E-state index contributed by atoms with van der Waals surface area (Å²) in [5.74, 6) is 0.519. The van der Waals surface area contributed by atoms with E-state index >= 15 is 0 Å². The first kappa shape index (κ1) is 34.1. The van der Waals surface area contributed by atoms with Crippen LogP contribution in [0.15, 0.2) is 71.4 Å². The zero-order valence-electron chi connectivity index (χ0n) is 23.1. The fourth-order valence-corrected chi connectivity index (χ4v) is 3.90. The number of hydroxylamine groups is 1. The van der Waals surface area contributed by atoms with Crippen LogP contribution in [0, 0.1) is 5.92 Å². The summed E-state index contributed by atoms with van der Waals surface area (Å²) in [6.45, 7) is 10.1. The Labute approximate surface area is 223 Å². The summed E-state index contributed by atoms with van der Waals surface area (Å²) in [5.41, 5.74) is 5.60. The van der Waals surface area contributed by atoms with Gasteiger partial charge in [-0.15, -0.1) is 0 Å². The highest BCUT2D eigenvalue weighted by Crippen LogP contribution is 2.22. The van der Waals surface area contributed by atoms with Crippen molar-refractivity contribution in [2.75, 3.05) is 27.2 Å². The molecule has 0 radical (unpaired) electrons. The van der Waals surface area contributed by atoms with Crippen molar-refractivity contribution in [1.29, 1.82) is 0 Å². The van der Waals surface area contributed by atoms with E-state index < -0.39 is 0 Å². The lowest BCUT2D eigenvalue weighted by molar-refractivity contribution is -0.198. The highest BCUT2D eigenvalue weighted by Gasteiger charge is 2.18. The molecule has 0 spiro atoms. The van der Waals surface area contributed by atoms with Crippen molar-refractivity contribution >= 4 is 19.5 Å². The Hall–Kier alpha value is -2.87. The van der Waals surface area contributed by atoms with E-state index in [1.807, 2.05) is 44.8 Å². The highest BCUT2D eigenvalue weighted by atomic mass is 16.8. The van der Waals surface area contributed by atoms with Gasteiger partial charge in [-0.1, -0.05) is 61.6 Å². The van der Waals surface area contributed by atoms with Crippen molar-refractivity contribution in [3.63, 3.8) is 0 Å². The summed E-state index contributed by atoms with van der Waals surface area (Å²) in [4.78, 5) is 35.5. The fraction of sp³-hybridized carbons (Fsp3) is 0.500. The van der Waals surface area contributed by atoms with E-state index in [-0.39, 0.29) is 12.2 Å². The predicted octanol–water partition coefficient (Wildman–Crippen LogP) is 5.43. The van der Waals surface area contributed by atoms with Crippen molar-refractivity contribution in [3.05, 3.63) is 71.4 Å². The number of carbonyl (C=O) groups is 3. The maximum Gasteiger partial charge on any atom is 0.274 e. The minimum atomic E-state index is -0.309. The fourth-order valence-electron chi connectivity index (χ4n) is 3.90. The van der Waals surface area contributed by atoms with Gasteiger partial charge in [-0.05, 0) is 83.2 Å². The maximum atomic E-state index is 12.0. The molecule has 0 aromatic heterocycles. The van der Waals surface area contributed by atoms with Gasteiger partial charge in [0.25, 0.3) is 5.91 Å². The largest absolute Gasteiger partial charge is 0.350 e. The molecule has 3 aliphatic rings. The van der Waals surface area contributed by atoms with Crippen molar-refractivity contribution in [2.45, 2.75) is 65.1 Å². The van der Waals surface area contributed by atoms with Crippen molar-refractivity contribution < 1.29 is 24.0 Å². The molecule has 1 amide bonds. The Kier molecular flexibility index (Phi) is 20.6. The molecular weight excluding hydrogens is 468 g/mol. The summed E-state index contributed by atoms with van der Waals surface area (Å²) < 4.78 is 5.38. The molecule has 7 heteroatoms. The van der Waals surface area contributed by atoms with Crippen LogP contribution in [0.3, 0.4) is 0 Å². The van der Waals surface area contributed by atoms with Crippen LogP contribution in [-0.4, -0.2) is 57.9 Å². The minimum Gasteiger partial charge on any atom is -0.350 e. The molecule has 2 aliphatic carbocycles. The summed E-state index contributed by atoms with van der Waals surface area (Å²) in [6, 6.07) is 0. The molecule has 0 aromatic rings. The van der Waals surface area contributed by atoms with Gasteiger partial charge in [0.05, 0.1) is 0 Å². The Bertz CT molecular complexity index is 816. The lowest BCUT2D eigenvalue weighted by Gasteiger charge is -2.22. The first-order chi connectivity index (χ1) is 18.0. The van der Waals surface area contributed by atoms with Gasteiger partial charge < -0.3 is 19.2 Å². The van der Waals surface area contributed by atoms with E-state index in [9.17, 15) is 4.79 Å². The Morgan fingerprint density at radius 3 is 2.46 bits per heavy atom. The first-order valence-electron chi connectivity index (χ1n) is 12.9. The van der Waals surface area contributed by atoms with Crippen LogP contribution in [0.2, 0.25) is 0 Å². The predicted molar refractivity (Wildman–Crippen MR) is 151 cm³/mol. The van der Waals surface area contributed by atoms with Gasteiger partial charge in [0, 0.05) is 18.6 Å². The molecule has 1 aliphatic heterocycles. The summed E-state index contributed by atoms with van der Waals surface area (Å²) in [7, 11) is 4.29. The summed E-state index contributed by atoms with van der Waals surface area (Å²) >= 11 is 0. The van der Waals surface area contributed by atoms with Gasteiger partial charge in [-0.3, -0.25) is 4.79 Å². The van der Waals surface area contributed by atoms with Crippen LogP contribution in [0.1, 0.15) is 58.8 Å². The standard InChI is InChI=1S/C14H19NO3.C14H23N.2CH2O/c1-11-7-3-2-4-8-12(11)14(16)15-18-13-9-5-6-10-17-13;1-4-13(11-12-15(2)3)14-9-7-5-6-8-10-14;2*1-2/h2-3,7-8,13H,4-6,9-10H2,1H3,(H,15,16);5-7,9-10,13H,4,8,11-12H2,1-3H3;2*1H2. The van der Waals surface area contributed by atoms with Gasteiger partial charge in [0.15, 0.2) is 6.29 Å². The highest BCUT2D eigenvalue weighted by molar-refractivity contribution is 5.97. The van der Waals surface area contributed by atoms with Crippen LogP contribution in [-0.2, 0) is 24.0 Å². The average Bonchev–Trinajstić information content (AvgIpc) is 3.34. The van der Waals surface area contributed by atoms with E-state index in [1.165, 1.54) is 25.0 Å². The summed E-state index contributed by atoms with van der Waals surface area (Å²) in [6.07, 6.45) is 25.9. The minimum absolute atomic E-state index is 0.207. The zero-order valence-corrected chi connectivity index (χ0v) is 23.1. The molecule has 1 fully saturated rings. The molecule has 1 N–H and O–H groups in total. The third-order valence-electron chi connectivity index (χ3n) is 5.95. The Morgan fingerprint density at radius 2 is 1.81 bits per heavy atom. The molecule has 0 saturated carbocycles. The van der Waals surface area contributed by atoms with Gasteiger partial charge in [-0.2, -0.15) is 0 Å². The maximum absolute atomic E-state index is 12.0. The second-order valence-corrected chi connectivity index (χ2v) is 8.90. The van der Waals surface area contributed by atoms with E-state index in [0.717, 1.165) is 43.6 Å². The van der Waals surface area contributed by atoms with Gasteiger partial charge >= 0.3 is 0 Å². The van der Waals surface area contributed by atoms with Gasteiger partial charge in [0.2, 0.25) is 0 Å². The molecule has 1 heterocycles. The Morgan fingerprint density at radius 1 is 1.11 bits per heavy atom. The van der Waals surface area contributed by atoms with E-state index in [4.69, 9.17) is 19.2 Å². The number of allylic oxidation sites excluding steroid dienone is 10. The molecule has 3 rings (SSSR count). The lowest BCUT2D eigenvalue weighted by Crippen LogP contribution is -2.34. The number of carbonyl (C=O) groups excluding carboxylic acids is 3. The van der Waals surface area contributed by atoms with Crippen LogP contribution < -0.4 is 5.48 Å². The number of rotatable bonds is 8. The van der Waals surface area contributed by atoms with Crippen molar-refractivity contribution in [3.8, 4) is 0 Å².